The normalized spacial score (nSPS) is 12.1. The summed E-state index contributed by atoms with van der Waals surface area (Å²) < 4.78 is 5.18. The molecule has 10 rings (SSSR count). The third kappa shape index (κ3) is 4.05. The molecule has 0 amide bonds. The van der Waals surface area contributed by atoms with Gasteiger partial charge in [0.15, 0.2) is 7.28 Å². The number of nitrogens with zero attached hydrogens (tertiary/aromatic N) is 1. The van der Waals surface area contributed by atoms with Crippen molar-refractivity contribution in [1.29, 1.82) is 0 Å². The van der Waals surface area contributed by atoms with E-state index in [2.05, 4.69) is 170 Å². The predicted molar refractivity (Wildman–Crippen MR) is 204 cm³/mol. The van der Waals surface area contributed by atoms with Crippen molar-refractivity contribution >= 4 is 82.9 Å². The molecule has 47 heavy (non-hydrogen) atoms. The lowest BCUT2D eigenvalue weighted by atomic mass is 9.58. The average molecular weight is 616 g/mol. The minimum absolute atomic E-state index is 1.08. The molecule has 0 saturated heterocycles. The largest absolute Gasteiger partial charge is 0.355 e. The van der Waals surface area contributed by atoms with Gasteiger partial charge in [0.1, 0.15) is 0 Å². The summed E-state index contributed by atoms with van der Waals surface area (Å²) in [5, 5.41) is 8.97. The second-order valence-corrected chi connectivity index (χ2v) is 13.6. The Morgan fingerprint density at radius 3 is 2.21 bits per heavy atom. The van der Waals surface area contributed by atoms with Crippen molar-refractivity contribution < 1.29 is 0 Å². The van der Waals surface area contributed by atoms with Crippen molar-refractivity contribution in [1.82, 2.24) is 4.57 Å². The number of hydrogen-bond acceptors (Lipinski definition) is 2. The standard InChI is InChI=1S/C43H28BN2S/c1-26-19-21-28(22-20-26)45-36-16-8-5-13-29(36)34-23-32(27-11-3-2-4-12-27)41-31-15-6-9-17-37(31)46-38-24-33-30-14-7-10-18-39(30)47-40(33)25-35(38)44-42(34)43(41)46/h2-25,45H,1H3. The lowest BCUT2D eigenvalue weighted by Gasteiger charge is -2.25. The number of aryl methyl sites for hydroxylation is 1. The molecule has 4 heteroatoms. The van der Waals surface area contributed by atoms with Crippen molar-refractivity contribution in [3.05, 3.63) is 151 Å². The first kappa shape index (κ1) is 26.6. The van der Waals surface area contributed by atoms with Crippen LogP contribution in [0.2, 0.25) is 0 Å². The lowest BCUT2D eigenvalue weighted by Crippen LogP contribution is -2.37. The summed E-state index contributed by atoms with van der Waals surface area (Å²) in [5.74, 6) is 0. The van der Waals surface area contributed by atoms with Gasteiger partial charge < -0.3 is 9.88 Å². The molecule has 0 aliphatic carbocycles. The van der Waals surface area contributed by atoms with E-state index in [9.17, 15) is 0 Å². The molecule has 0 saturated carbocycles. The molecule has 0 unspecified atom stereocenters. The molecule has 1 aliphatic heterocycles. The molecular formula is C43H28BN2S. The Balaban J connectivity index is 1.32. The first-order valence-corrected chi connectivity index (χ1v) is 16.9. The molecule has 2 aromatic heterocycles. The molecule has 1 radical (unpaired) electrons. The van der Waals surface area contributed by atoms with Crippen LogP contribution in [0.4, 0.5) is 11.4 Å². The van der Waals surface area contributed by atoms with Crippen molar-refractivity contribution in [2.75, 3.05) is 5.32 Å². The van der Waals surface area contributed by atoms with E-state index in [1.54, 1.807) is 0 Å². The predicted octanol–water partition coefficient (Wildman–Crippen LogP) is 10.5. The fourth-order valence-electron chi connectivity index (χ4n) is 7.51. The van der Waals surface area contributed by atoms with Gasteiger partial charge in [-0.2, -0.15) is 0 Å². The highest BCUT2D eigenvalue weighted by Crippen LogP contribution is 2.44. The highest BCUT2D eigenvalue weighted by Gasteiger charge is 2.29. The van der Waals surface area contributed by atoms with Crippen LogP contribution in [0.1, 0.15) is 5.56 Å². The summed E-state index contributed by atoms with van der Waals surface area (Å²) >= 11 is 1.88. The van der Waals surface area contributed by atoms with Crippen molar-refractivity contribution in [2.24, 2.45) is 0 Å². The fourth-order valence-corrected chi connectivity index (χ4v) is 8.65. The summed E-state index contributed by atoms with van der Waals surface area (Å²) in [6, 6.07) is 53.2. The third-order valence-corrected chi connectivity index (χ3v) is 10.8. The minimum Gasteiger partial charge on any atom is -0.355 e. The average Bonchev–Trinajstić information content (AvgIpc) is 3.66. The first-order chi connectivity index (χ1) is 23.2. The summed E-state index contributed by atoms with van der Waals surface area (Å²) in [4.78, 5) is 0. The zero-order chi connectivity index (χ0) is 31.1. The maximum atomic E-state index is 3.76. The molecular weight excluding hydrogens is 587 g/mol. The van der Waals surface area contributed by atoms with Crippen LogP contribution < -0.4 is 16.2 Å². The molecule has 9 aromatic rings. The van der Waals surface area contributed by atoms with E-state index < -0.39 is 0 Å². The minimum atomic E-state index is 1.08. The highest BCUT2D eigenvalue weighted by atomic mass is 32.1. The number of rotatable bonds is 4. The zero-order valence-electron chi connectivity index (χ0n) is 25.8. The second kappa shape index (κ2) is 10.2. The van der Waals surface area contributed by atoms with Crippen LogP contribution in [0.5, 0.6) is 0 Å². The van der Waals surface area contributed by atoms with E-state index in [1.165, 1.54) is 86.4 Å². The van der Waals surface area contributed by atoms with Crippen LogP contribution in [0, 0.1) is 6.92 Å². The Bertz CT molecular complexity index is 2680. The van der Waals surface area contributed by atoms with Gasteiger partial charge in [0.05, 0.1) is 5.52 Å². The number of fused-ring (bicyclic) bond motifs is 8. The maximum Gasteiger partial charge on any atom is 0.197 e. The Labute approximate surface area is 277 Å². The second-order valence-electron chi connectivity index (χ2n) is 12.5. The molecule has 0 atom stereocenters. The zero-order valence-corrected chi connectivity index (χ0v) is 26.6. The molecule has 0 spiro atoms. The molecule has 0 fully saturated rings. The molecule has 3 heterocycles. The van der Waals surface area contributed by atoms with Gasteiger partial charge in [0.25, 0.3) is 0 Å². The Morgan fingerprint density at radius 2 is 1.34 bits per heavy atom. The number of para-hydroxylation sites is 2. The lowest BCUT2D eigenvalue weighted by molar-refractivity contribution is 1.20. The topological polar surface area (TPSA) is 17.0 Å². The highest BCUT2D eigenvalue weighted by molar-refractivity contribution is 7.25. The summed E-state index contributed by atoms with van der Waals surface area (Å²) in [6.07, 6.45) is 0. The number of nitrogens with one attached hydrogen (secondary N) is 1. The number of aromatic nitrogens is 1. The van der Waals surface area contributed by atoms with E-state index in [4.69, 9.17) is 0 Å². The summed E-state index contributed by atoms with van der Waals surface area (Å²) in [6.45, 7) is 2.13. The van der Waals surface area contributed by atoms with Gasteiger partial charge >= 0.3 is 0 Å². The molecule has 219 valence electrons. The van der Waals surface area contributed by atoms with Gasteiger partial charge in [-0.15, -0.1) is 11.3 Å². The monoisotopic (exact) mass is 615 g/mol. The van der Waals surface area contributed by atoms with Gasteiger partial charge in [0, 0.05) is 59.1 Å². The smallest absolute Gasteiger partial charge is 0.197 e. The Hall–Kier alpha value is -5.58. The third-order valence-electron chi connectivity index (χ3n) is 9.68. The van der Waals surface area contributed by atoms with Gasteiger partial charge in [-0.3, -0.25) is 0 Å². The van der Waals surface area contributed by atoms with Crippen LogP contribution in [-0.2, 0) is 0 Å². The number of benzene rings is 7. The summed E-state index contributed by atoms with van der Waals surface area (Å²) in [7, 11) is 2.44. The quantitative estimate of drug-likeness (QED) is 0.195. The fraction of sp³-hybridized carbons (Fsp3) is 0.0233. The van der Waals surface area contributed by atoms with E-state index in [0.717, 1.165) is 11.4 Å². The summed E-state index contributed by atoms with van der Waals surface area (Å²) in [5.41, 5.74) is 14.5. The van der Waals surface area contributed by atoms with Crippen LogP contribution in [0.25, 0.3) is 69.9 Å². The SMILES string of the molecule is Cc1ccc(Nc2ccccc2-c2cc(-c3ccccc3)c3c4ccccc4n4c3c2[B]c2cc3sc5ccccc5c3cc2-4)cc1. The van der Waals surface area contributed by atoms with E-state index in [-0.39, 0.29) is 0 Å². The first-order valence-electron chi connectivity index (χ1n) is 16.1. The number of anilines is 2. The van der Waals surface area contributed by atoms with E-state index in [1.807, 2.05) is 11.3 Å². The molecule has 1 aliphatic rings. The molecule has 2 nitrogen and oxygen atoms in total. The Kier molecular flexibility index (Phi) is 5.79. The van der Waals surface area contributed by atoms with Crippen molar-refractivity contribution in [2.45, 2.75) is 6.92 Å². The van der Waals surface area contributed by atoms with E-state index in [0.29, 0.717) is 0 Å². The van der Waals surface area contributed by atoms with Gasteiger partial charge in [-0.25, -0.2) is 0 Å². The number of thiophene rings is 1. The van der Waals surface area contributed by atoms with Crippen LogP contribution >= 0.6 is 11.3 Å². The molecule has 1 N–H and O–H groups in total. The maximum absolute atomic E-state index is 3.76. The van der Waals surface area contributed by atoms with Gasteiger partial charge in [-0.1, -0.05) is 108 Å². The van der Waals surface area contributed by atoms with Crippen LogP contribution in [0.15, 0.2) is 146 Å². The van der Waals surface area contributed by atoms with Crippen LogP contribution in [0.3, 0.4) is 0 Å². The number of hydrogen-bond donors (Lipinski definition) is 1. The van der Waals surface area contributed by atoms with Gasteiger partial charge in [0.2, 0.25) is 0 Å². The van der Waals surface area contributed by atoms with E-state index >= 15 is 0 Å². The van der Waals surface area contributed by atoms with Gasteiger partial charge in [-0.05, 0) is 77.6 Å². The van der Waals surface area contributed by atoms with Crippen LogP contribution in [-0.4, -0.2) is 11.8 Å². The molecule has 0 bridgehead atoms. The van der Waals surface area contributed by atoms with Crippen molar-refractivity contribution in [3.8, 4) is 27.9 Å². The Morgan fingerprint density at radius 1 is 0.596 bits per heavy atom. The van der Waals surface area contributed by atoms with Crippen molar-refractivity contribution in [3.63, 3.8) is 0 Å². The molecule has 7 aromatic carbocycles.